The van der Waals surface area contributed by atoms with Gasteiger partial charge in [-0.25, -0.2) is 0 Å². The maximum atomic E-state index is 12.2. The van der Waals surface area contributed by atoms with Crippen LogP contribution in [0.4, 0.5) is 0 Å². The first kappa shape index (κ1) is 17.2. The van der Waals surface area contributed by atoms with Crippen LogP contribution in [0.15, 0.2) is 48.5 Å². The van der Waals surface area contributed by atoms with E-state index in [1.165, 1.54) is 5.56 Å². The van der Waals surface area contributed by atoms with E-state index in [1.54, 1.807) is 19.0 Å². The Labute approximate surface area is 132 Å². The molecule has 0 spiro atoms. The topological polar surface area (TPSA) is 46.3 Å². The van der Waals surface area contributed by atoms with E-state index in [0.717, 1.165) is 23.1 Å². The van der Waals surface area contributed by atoms with Gasteiger partial charge in [0.1, 0.15) is 0 Å². The van der Waals surface area contributed by atoms with Gasteiger partial charge in [0, 0.05) is 19.7 Å². The predicted octanol–water partition coefficient (Wildman–Crippen LogP) is 2.98. The normalized spacial score (nSPS) is 9.86. The quantitative estimate of drug-likeness (QED) is 0.944. The average Bonchev–Trinajstić information content (AvgIpc) is 2.47. The minimum Gasteiger partial charge on any atom is -0.345 e. The Balaban J connectivity index is 0.00000220. The molecule has 0 unspecified atom stereocenters. The molecule has 2 aromatic rings. The first-order valence-corrected chi connectivity index (χ1v) is 6.73. The van der Waals surface area contributed by atoms with Crippen LogP contribution in [0.1, 0.15) is 15.9 Å². The number of halogens is 1. The van der Waals surface area contributed by atoms with E-state index < -0.39 is 0 Å². The number of carbonyl (C=O) groups is 1. The van der Waals surface area contributed by atoms with Crippen molar-refractivity contribution < 1.29 is 4.79 Å². The zero-order chi connectivity index (χ0) is 14.5. The van der Waals surface area contributed by atoms with E-state index in [2.05, 4.69) is 12.1 Å². The van der Waals surface area contributed by atoms with Crippen LogP contribution in [0.3, 0.4) is 0 Å². The average molecular weight is 305 g/mol. The van der Waals surface area contributed by atoms with Gasteiger partial charge in [-0.05, 0) is 35.7 Å². The summed E-state index contributed by atoms with van der Waals surface area (Å²) < 4.78 is 0. The van der Waals surface area contributed by atoms with Crippen LogP contribution >= 0.6 is 12.4 Å². The van der Waals surface area contributed by atoms with Crippen molar-refractivity contribution in [1.82, 2.24) is 4.90 Å². The number of hydrogen-bond acceptors (Lipinski definition) is 2. The molecule has 0 bridgehead atoms. The summed E-state index contributed by atoms with van der Waals surface area (Å²) >= 11 is 0. The fourth-order valence-electron chi connectivity index (χ4n) is 2.18. The Morgan fingerprint density at radius 1 is 1.05 bits per heavy atom. The van der Waals surface area contributed by atoms with Gasteiger partial charge in [0.15, 0.2) is 0 Å². The number of rotatable bonds is 4. The van der Waals surface area contributed by atoms with Gasteiger partial charge in [0.2, 0.25) is 0 Å². The molecule has 0 aliphatic rings. The predicted molar refractivity (Wildman–Crippen MR) is 89.9 cm³/mol. The number of nitrogens with zero attached hydrogens (tertiary/aromatic N) is 1. The molecule has 1 amide bonds. The molecule has 2 aromatic carbocycles. The summed E-state index contributed by atoms with van der Waals surface area (Å²) in [6.45, 7) is 0.648. The summed E-state index contributed by atoms with van der Waals surface area (Å²) in [7, 11) is 3.53. The summed E-state index contributed by atoms with van der Waals surface area (Å²) in [5.74, 6) is 0.0200. The summed E-state index contributed by atoms with van der Waals surface area (Å²) in [6.07, 6.45) is 0.874. The molecule has 0 radical (unpaired) electrons. The molecule has 0 aliphatic carbocycles. The molecular weight excluding hydrogens is 284 g/mol. The van der Waals surface area contributed by atoms with E-state index in [-0.39, 0.29) is 18.3 Å². The molecule has 112 valence electrons. The van der Waals surface area contributed by atoms with E-state index in [9.17, 15) is 4.79 Å². The van der Waals surface area contributed by atoms with Crippen molar-refractivity contribution in [1.29, 1.82) is 0 Å². The second kappa shape index (κ2) is 7.81. The van der Waals surface area contributed by atoms with Crippen LogP contribution in [-0.4, -0.2) is 31.4 Å². The third-order valence-corrected chi connectivity index (χ3v) is 3.26. The van der Waals surface area contributed by atoms with Crippen molar-refractivity contribution >= 4 is 18.3 Å². The van der Waals surface area contributed by atoms with Crippen LogP contribution in [0.5, 0.6) is 0 Å². The van der Waals surface area contributed by atoms with Crippen molar-refractivity contribution in [2.75, 3.05) is 20.6 Å². The fraction of sp³-hybridized carbons (Fsp3) is 0.235. The second-order valence-electron chi connectivity index (χ2n) is 4.98. The third kappa shape index (κ3) is 4.06. The lowest BCUT2D eigenvalue weighted by atomic mass is 9.97. The highest BCUT2D eigenvalue weighted by Gasteiger charge is 2.13. The highest BCUT2D eigenvalue weighted by Crippen LogP contribution is 2.24. The first-order valence-electron chi connectivity index (χ1n) is 6.73. The lowest BCUT2D eigenvalue weighted by Gasteiger charge is -2.14. The summed E-state index contributed by atoms with van der Waals surface area (Å²) in [5.41, 5.74) is 9.51. The summed E-state index contributed by atoms with van der Waals surface area (Å²) in [4.78, 5) is 13.8. The van der Waals surface area contributed by atoms with Gasteiger partial charge in [-0.2, -0.15) is 0 Å². The lowest BCUT2D eigenvalue weighted by Crippen LogP contribution is -2.22. The van der Waals surface area contributed by atoms with E-state index >= 15 is 0 Å². The zero-order valence-corrected chi connectivity index (χ0v) is 13.2. The summed E-state index contributed by atoms with van der Waals surface area (Å²) in [6, 6.07) is 15.9. The molecule has 0 saturated heterocycles. The lowest BCUT2D eigenvalue weighted by molar-refractivity contribution is 0.0828. The van der Waals surface area contributed by atoms with Crippen molar-refractivity contribution in [2.45, 2.75) is 6.42 Å². The van der Waals surface area contributed by atoms with Crippen LogP contribution in [-0.2, 0) is 6.42 Å². The molecule has 0 aliphatic heterocycles. The maximum absolute atomic E-state index is 12.2. The minimum atomic E-state index is 0. The van der Waals surface area contributed by atoms with E-state index in [0.29, 0.717) is 6.54 Å². The fourth-order valence-corrected chi connectivity index (χ4v) is 2.18. The molecule has 0 fully saturated rings. The first-order chi connectivity index (χ1) is 9.63. The number of amides is 1. The Kier molecular flexibility index (Phi) is 6.40. The number of carbonyl (C=O) groups excluding carboxylic acids is 1. The molecular formula is C17H21ClN2O. The van der Waals surface area contributed by atoms with Gasteiger partial charge < -0.3 is 10.6 Å². The van der Waals surface area contributed by atoms with Crippen LogP contribution in [0.2, 0.25) is 0 Å². The van der Waals surface area contributed by atoms with E-state index in [4.69, 9.17) is 5.73 Å². The van der Waals surface area contributed by atoms with Crippen LogP contribution in [0, 0.1) is 0 Å². The molecule has 0 aromatic heterocycles. The molecule has 21 heavy (non-hydrogen) atoms. The number of nitrogens with two attached hydrogens (primary N) is 1. The van der Waals surface area contributed by atoms with Gasteiger partial charge in [-0.3, -0.25) is 4.79 Å². The Morgan fingerprint density at radius 3 is 2.24 bits per heavy atom. The molecule has 2 rings (SSSR count). The van der Waals surface area contributed by atoms with Crippen molar-refractivity contribution in [3.63, 3.8) is 0 Å². The maximum Gasteiger partial charge on any atom is 0.253 e. The summed E-state index contributed by atoms with van der Waals surface area (Å²) in [5, 5.41) is 0. The van der Waals surface area contributed by atoms with Gasteiger partial charge in [0.05, 0.1) is 0 Å². The van der Waals surface area contributed by atoms with Gasteiger partial charge >= 0.3 is 0 Å². The third-order valence-electron chi connectivity index (χ3n) is 3.26. The smallest absolute Gasteiger partial charge is 0.253 e. The van der Waals surface area contributed by atoms with Crippen molar-refractivity contribution in [3.05, 3.63) is 59.7 Å². The van der Waals surface area contributed by atoms with Gasteiger partial charge in [-0.1, -0.05) is 42.5 Å². The van der Waals surface area contributed by atoms with Crippen LogP contribution in [0.25, 0.3) is 11.1 Å². The number of benzene rings is 2. The van der Waals surface area contributed by atoms with Crippen molar-refractivity contribution in [3.8, 4) is 11.1 Å². The molecule has 0 atom stereocenters. The van der Waals surface area contributed by atoms with Crippen molar-refractivity contribution in [2.24, 2.45) is 5.73 Å². The Morgan fingerprint density at radius 2 is 1.67 bits per heavy atom. The highest BCUT2D eigenvalue weighted by atomic mass is 35.5. The molecule has 4 heteroatoms. The number of hydrogen-bond donors (Lipinski definition) is 1. The monoisotopic (exact) mass is 304 g/mol. The molecule has 3 nitrogen and oxygen atoms in total. The van der Waals surface area contributed by atoms with Gasteiger partial charge in [-0.15, -0.1) is 12.4 Å². The largest absolute Gasteiger partial charge is 0.345 e. The zero-order valence-electron chi connectivity index (χ0n) is 12.4. The van der Waals surface area contributed by atoms with E-state index in [1.807, 2.05) is 36.4 Å². The highest BCUT2D eigenvalue weighted by molar-refractivity contribution is 6.00. The molecule has 2 N–H and O–H groups in total. The second-order valence-corrected chi connectivity index (χ2v) is 4.98. The van der Waals surface area contributed by atoms with Crippen LogP contribution < -0.4 is 5.73 Å². The SMILES string of the molecule is CN(C)C(=O)c1ccccc1-c1ccc(CCN)cc1.Cl. The standard InChI is InChI=1S/C17H20N2O.ClH/c1-19(2)17(20)16-6-4-3-5-15(16)14-9-7-13(8-10-14)11-12-18;/h3-10H,11-12,18H2,1-2H3;1H. The Bertz CT molecular complexity index is 594. The molecule has 0 saturated carbocycles. The molecule has 0 heterocycles. The minimum absolute atomic E-state index is 0. The van der Waals surface area contributed by atoms with Gasteiger partial charge in [0.25, 0.3) is 5.91 Å². The Hall–Kier alpha value is -1.84.